The third-order valence-corrected chi connectivity index (χ3v) is 5.29. The minimum Gasteiger partial charge on any atom is -0.421 e. The van der Waals surface area contributed by atoms with E-state index in [-0.39, 0.29) is 0 Å². The molecule has 0 atom stereocenters. The molecule has 0 saturated heterocycles. The van der Waals surface area contributed by atoms with Crippen molar-refractivity contribution in [1.82, 2.24) is 15.0 Å². The van der Waals surface area contributed by atoms with Crippen molar-refractivity contribution < 1.29 is 4.42 Å². The molecule has 0 amide bonds. The van der Waals surface area contributed by atoms with E-state index in [1.54, 1.807) is 12.3 Å². The summed E-state index contributed by atoms with van der Waals surface area (Å²) in [7, 11) is 0. The summed E-state index contributed by atoms with van der Waals surface area (Å²) < 4.78 is 7.12. The van der Waals surface area contributed by atoms with Crippen LogP contribution in [0.4, 0.5) is 0 Å². The number of halogens is 2. The van der Waals surface area contributed by atoms with E-state index < -0.39 is 5.63 Å². The minimum atomic E-state index is -0.443. The predicted molar refractivity (Wildman–Crippen MR) is 108 cm³/mol. The first-order chi connectivity index (χ1) is 12.6. The van der Waals surface area contributed by atoms with Crippen LogP contribution in [-0.4, -0.2) is 15.0 Å². The number of aromatic nitrogens is 3. The van der Waals surface area contributed by atoms with Crippen LogP contribution in [-0.2, 0) is 0 Å². The molecule has 0 aliphatic carbocycles. The summed E-state index contributed by atoms with van der Waals surface area (Å²) in [6, 6.07) is 13.2. The average molecular weight is 471 g/mol. The molecule has 3 heterocycles. The molecule has 0 bridgehead atoms. The van der Waals surface area contributed by atoms with E-state index >= 15 is 0 Å². The zero-order valence-electron chi connectivity index (χ0n) is 13.1. The third kappa shape index (κ3) is 2.39. The number of hydrogen-bond acceptors (Lipinski definition) is 4. The van der Waals surface area contributed by atoms with Crippen molar-refractivity contribution >= 4 is 64.8 Å². The van der Waals surface area contributed by atoms with Crippen molar-refractivity contribution in [2.75, 3.05) is 0 Å². The van der Waals surface area contributed by atoms with Crippen molar-refractivity contribution in [3.8, 4) is 11.4 Å². The van der Waals surface area contributed by atoms with Gasteiger partial charge in [-0.25, -0.2) is 9.78 Å². The third-order valence-electron chi connectivity index (χ3n) is 4.24. The van der Waals surface area contributed by atoms with Gasteiger partial charge in [-0.15, -0.1) is 0 Å². The molecule has 26 heavy (non-hydrogen) atoms. The zero-order chi connectivity index (χ0) is 17.8. The second-order valence-electron chi connectivity index (χ2n) is 5.87. The Balaban J connectivity index is 1.81. The number of hydrogen-bond donors (Lipinski definition) is 1. The fourth-order valence-electron chi connectivity index (χ4n) is 3.08. The molecule has 0 aliphatic rings. The van der Waals surface area contributed by atoms with E-state index in [4.69, 9.17) is 4.42 Å². The number of nitrogens with one attached hydrogen (secondary N) is 1. The van der Waals surface area contributed by atoms with E-state index in [9.17, 15) is 4.79 Å². The molecular formula is C19H9Br2N3O2. The molecule has 0 aliphatic heterocycles. The maximum absolute atomic E-state index is 12.5. The fraction of sp³-hybridized carbons (Fsp3) is 0. The van der Waals surface area contributed by atoms with Gasteiger partial charge < -0.3 is 9.40 Å². The Bertz CT molecular complexity index is 1390. The summed E-state index contributed by atoms with van der Waals surface area (Å²) in [4.78, 5) is 24.7. The van der Waals surface area contributed by atoms with E-state index in [1.165, 1.54) is 0 Å². The lowest BCUT2D eigenvalue weighted by Gasteiger charge is -2.02. The Morgan fingerprint density at radius 1 is 1.08 bits per heavy atom. The van der Waals surface area contributed by atoms with Crippen LogP contribution in [0, 0.1) is 0 Å². The highest BCUT2D eigenvalue weighted by molar-refractivity contribution is 9.11. The summed E-state index contributed by atoms with van der Waals surface area (Å²) in [6.07, 6.45) is 1.75. The van der Waals surface area contributed by atoms with Crippen molar-refractivity contribution in [3.63, 3.8) is 0 Å². The molecule has 7 heteroatoms. The second kappa shape index (κ2) is 5.75. The highest BCUT2D eigenvalue weighted by Gasteiger charge is 2.15. The largest absolute Gasteiger partial charge is 0.421 e. The lowest BCUT2D eigenvalue weighted by molar-refractivity contribution is 0.561. The smallest absolute Gasteiger partial charge is 0.347 e. The quantitative estimate of drug-likeness (QED) is 0.332. The molecule has 3 aromatic heterocycles. The highest BCUT2D eigenvalue weighted by Crippen LogP contribution is 2.30. The molecule has 0 fully saturated rings. The molecule has 1 N–H and O–H groups in total. The van der Waals surface area contributed by atoms with Gasteiger partial charge in [0, 0.05) is 21.4 Å². The monoisotopic (exact) mass is 469 g/mol. The molecule has 5 aromatic rings. The number of imidazole rings is 1. The highest BCUT2D eigenvalue weighted by atomic mass is 79.9. The van der Waals surface area contributed by atoms with Crippen molar-refractivity contribution in [2.24, 2.45) is 0 Å². The van der Waals surface area contributed by atoms with E-state index in [0.717, 1.165) is 31.8 Å². The number of pyridine rings is 1. The van der Waals surface area contributed by atoms with Gasteiger partial charge in [0.15, 0.2) is 5.58 Å². The Kier molecular flexibility index (Phi) is 3.48. The summed E-state index contributed by atoms with van der Waals surface area (Å²) in [5.41, 5.74) is 2.93. The number of benzene rings is 2. The van der Waals surface area contributed by atoms with Gasteiger partial charge in [-0.3, -0.25) is 4.98 Å². The van der Waals surface area contributed by atoms with Crippen molar-refractivity contribution in [1.29, 1.82) is 0 Å². The van der Waals surface area contributed by atoms with Crippen LogP contribution in [0.15, 0.2) is 66.8 Å². The molecule has 5 rings (SSSR count). The maximum atomic E-state index is 12.5. The Morgan fingerprint density at radius 2 is 1.96 bits per heavy atom. The lowest BCUT2D eigenvalue weighted by atomic mass is 10.2. The van der Waals surface area contributed by atoms with Crippen LogP contribution >= 0.6 is 31.9 Å². The molecule has 126 valence electrons. The molecule has 0 spiro atoms. The van der Waals surface area contributed by atoms with Crippen LogP contribution in [0.25, 0.3) is 44.3 Å². The van der Waals surface area contributed by atoms with Crippen LogP contribution in [0.5, 0.6) is 0 Å². The first-order valence-electron chi connectivity index (χ1n) is 7.77. The molecular weight excluding hydrogens is 462 g/mol. The van der Waals surface area contributed by atoms with Gasteiger partial charge >= 0.3 is 5.63 Å². The van der Waals surface area contributed by atoms with Gasteiger partial charge in [0.25, 0.3) is 0 Å². The van der Waals surface area contributed by atoms with Crippen LogP contribution < -0.4 is 5.63 Å². The average Bonchev–Trinajstić information content (AvgIpc) is 3.06. The summed E-state index contributed by atoms with van der Waals surface area (Å²) >= 11 is 6.88. The fourth-order valence-corrected chi connectivity index (χ4v) is 4.41. The molecule has 0 saturated carbocycles. The number of aromatic amines is 1. The number of rotatable bonds is 1. The van der Waals surface area contributed by atoms with Gasteiger partial charge in [0.2, 0.25) is 0 Å². The Morgan fingerprint density at radius 3 is 2.85 bits per heavy atom. The summed E-state index contributed by atoms with van der Waals surface area (Å²) in [6.45, 7) is 0. The topological polar surface area (TPSA) is 71.8 Å². The second-order valence-corrected chi connectivity index (χ2v) is 7.64. The number of nitrogens with zero attached hydrogens (tertiary/aromatic N) is 2. The SMILES string of the molecule is O=c1oc2c(Br)cc(Br)cc2cc1-c1nc2c(ccc3ncccc32)[nH]1. The first-order valence-corrected chi connectivity index (χ1v) is 9.35. The zero-order valence-corrected chi connectivity index (χ0v) is 16.3. The van der Waals surface area contributed by atoms with Crippen LogP contribution in [0.1, 0.15) is 0 Å². The first kappa shape index (κ1) is 15.7. The van der Waals surface area contributed by atoms with Gasteiger partial charge in [-0.05, 0) is 58.4 Å². The van der Waals surface area contributed by atoms with Crippen molar-refractivity contribution in [3.05, 3.63) is 68.0 Å². The van der Waals surface area contributed by atoms with E-state index in [0.29, 0.717) is 21.4 Å². The van der Waals surface area contributed by atoms with Crippen LogP contribution in [0.3, 0.4) is 0 Å². The molecule has 0 radical (unpaired) electrons. The lowest BCUT2D eigenvalue weighted by Crippen LogP contribution is -2.04. The van der Waals surface area contributed by atoms with Gasteiger partial charge in [-0.1, -0.05) is 15.9 Å². The standard InChI is InChI=1S/C19H9Br2N3O2/c20-10-6-9-7-12(19(25)26-17(9)13(21)8-10)18-23-15-4-3-14-11(16(15)24-18)2-1-5-22-14/h1-8H,(H,23,24). The van der Waals surface area contributed by atoms with E-state index in [2.05, 4.69) is 46.8 Å². The summed E-state index contributed by atoms with van der Waals surface area (Å²) in [5.74, 6) is 0.475. The number of H-pyrrole nitrogens is 1. The summed E-state index contributed by atoms with van der Waals surface area (Å²) in [5, 5.41) is 1.73. The van der Waals surface area contributed by atoms with Gasteiger partial charge in [0.05, 0.1) is 21.0 Å². The normalized spacial score (nSPS) is 11.6. The Labute approximate surface area is 163 Å². The van der Waals surface area contributed by atoms with Gasteiger partial charge in [0.1, 0.15) is 11.4 Å². The Hall–Kier alpha value is -2.51. The van der Waals surface area contributed by atoms with Gasteiger partial charge in [-0.2, -0.15) is 0 Å². The maximum Gasteiger partial charge on any atom is 0.347 e. The van der Waals surface area contributed by atoms with Crippen LogP contribution in [0.2, 0.25) is 0 Å². The van der Waals surface area contributed by atoms with E-state index in [1.807, 2.05) is 36.4 Å². The molecule has 5 nitrogen and oxygen atoms in total. The predicted octanol–water partition coefficient (Wildman–Crippen LogP) is 5.41. The number of fused-ring (bicyclic) bond motifs is 4. The minimum absolute atomic E-state index is 0.385. The molecule has 2 aromatic carbocycles. The molecule has 0 unspecified atom stereocenters. The van der Waals surface area contributed by atoms with Crippen molar-refractivity contribution in [2.45, 2.75) is 0 Å².